The first kappa shape index (κ1) is 14.2. The summed E-state index contributed by atoms with van der Waals surface area (Å²) >= 11 is 3.10. The topological polar surface area (TPSA) is 84.0 Å². The van der Waals surface area contributed by atoms with E-state index in [0.717, 1.165) is 10.6 Å². The maximum Gasteiger partial charge on any atom is 0.328 e. The van der Waals surface area contributed by atoms with E-state index < -0.39 is 23.0 Å². The molecule has 2 rings (SSSR count). The molecule has 20 heavy (non-hydrogen) atoms. The van der Waals surface area contributed by atoms with Crippen molar-refractivity contribution >= 4 is 27.5 Å². The van der Waals surface area contributed by atoms with Crippen molar-refractivity contribution < 1.29 is 9.18 Å². The number of rotatable bonds is 3. The number of nitrogens with one attached hydrogen (secondary N) is 2. The summed E-state index contributed by atoms with van der Waals surface area (Å²) in [5.41, 5.74) is -1.25. The average Bonchev–Trinajstić information content (AvgIpc) is 2.36. The smallest absolute Gasteiger partial charge is 0.322 e. The van der Waals surface area contributed by atoms with Crippen LogP contribution in [0.3, 0.4) is 0 Å². The van der Waals surface area contributed by atoms with Crippen molar-refractivity contribution in [2.45, 2.75) is 6.54 Å². The lowest BCUT2D eigenvalue weighted by molar-refractivity contribution is -0.116. The average molecular weight is 342 g/mol. The fourth-order valence-corrected chi connectivity index (χ4v) is 1.84. The van der Waals surface area contributed by atoms with E-state index >= 15 is 0 Å². The van der Waals surface area contributed by atoms with E-state index in [1.165, 1.54) is 18.3 Å². The fraction of sp³-hybridized carbons (Fsp3) is 0.0833. The third-order valence-corrected chi connectivity index (χ3v) is 2.91. The van der Waals surface area contributed by atoms with Gasteiger partial charge in [-0.25, -0.2) is 9.18 Å². The molecule has 104 valence electrons. The van der Waals surface area contributed by atoms with Crippen molar-refractivity contribution in [2.75, 3.05) is 5.32 Å². The van der Waals surface area contributed by atoms with Gasteiger partial charge in [0.15, 0.2) is 0 Å². The van der Waals surface area contributed by atoms with Gasteiger partial charge in [-0.1, -0.05) is 15.9 Å². The number of aromatic nitrogens is 2. The molecule has 8 heteroatoms. The number of H-pyrrole nitrogens is 1. The summed E-state index contributed by atoms with van der Waals surface area (Å²) in [7, 11) is 0. The number of carbonyl (C=O) groups is 1. The Bertz CT molecular complexity index is 769. The zero-order valence-electron chi connectivity index (χ0n) is 10.0. The zero-order chi connectivity index (χ0) is 14.7. The highest BCUT2D eigenvalue weighted by Gasteiger charge is 2.09. The summed E-state index contributed by atoms with van der Waals surface area (Å²) in [5, 5.41) is 2.34. The van der Waals surface area contributed by atoms with Crippen LogP contribution < -0.4 is 16.6 Å². The number of hydrogen-bond donors (Lipinski definition) is 2. The minimum absolute atomic E-state index is 0.00988. The second-order valence-electron chi connectivity index (χ2n) is 3.91. The highest BCUT2D eigenvalue weighted by molar-refractivity contribution is 9.10. The van der Waals surface area contributed by atoms with Crippen LogP contribution in [0.4, 0.5) is 10.1 Å². The summed E-state index contributed by atoms with van der Waals surface area (Å²) in [6.07, 6.45) is 1.19. The van der Waals surface area contributed by atoms with Crippen molar-refractivity contribution in [3.8, 4) is 0 Å². The van der Waals surface area contributed by atoms with Gasteiger partial charge in [0.1, 0.15) is 12.4 Å². The molecule has 0 radical (unpaired) electrons. The molecule has 0 spiro atoms. The lowest BCUT2D eigenvalue weighted by Crippen LogP contribution is -2.32. The molecule has 2 N–H and O–H groups in total. The Balaban J connectivity index is 2.13. The Morgan fingerprint density at radius 3 is 2.75 bits per heavy atom. The fourth-order valence-electron chi connectivity index (χ4n) is 1.50. The van der Waals surface area contributed by atoms with Gasteiger partial charge in [0.05, 0.1) is 5.69 Å². The number of carbonyl (C=O) groups excluding carboxylic acids is 1. The standard InChI is InChI=1S/C12H9BrFN3O3/c13-7-1-2-9(8(14)5-7)15-11(19)6-17-4-3-10(18)16-12(17)20/h1-5H,6H2,(H,15,19)(H,16,18,20). The summed E-state index contributed by atoms with van der Waals surface area (Å²) in [6, 6.07) is 5.30. The minimum atomic E-state index is -0.705. The number of anilines is 1. The van der Waals surface area contributed by atoms with E-state index in [4.69, 9.17) is 0 Å². The molecule has 1 heterocycles. The Morgan fingerprint density at radius 2 is 2.10 bits per heavy atom. The van der Waals surface area contributed by atoms with Crippen molar-refractivity contribution in [3.63, 3.8) is 0 Å². The van der Waals surface area contributed by atoms with Crippen LogP contribution in [-0.2, 0) is 11.3 Å². The first-order valence-corrected chi connectivity index (χ1v) is 6.29. The molecule has 0 saturated carbocycles. The molecule has 2 aromatic rings. The predicted octanol–water partition coefficient (Wildman–Crippen LogP) is 1.08. The molecule has 0 atom stereocenters. The molecule has 0 unspecified atom stereocenters. The number of hydrogen-bond acceptors (Lipinski definition) is 3. The SMILES string of the molecule is O=C(Cn1ccc(=O)[nH]c1=O)Nc1ccc(Br)cc1F. The number of halogens is 2. The van der Waals surface area contributed by atoms with E-state index in [-0.39, 0.29) is 12.2 Å². The molecule has 6 nitrogen and oxygen atoms in total. The van der Waals surface area contributed by atoms with Gasteiger partial charge < -0.3 is 5.32 Å². The van der Waals surface area contributed by atoms with Crippen LogP contribution in [-0.4, -0.2) is 15.5 Å². The first-order valence-electron chi connectivity index (χ1n) is 5.50. The normalized spacial score (nSPS) is 10.3. The second-order valence-corrected chi connectivity index (χ2v) is 4.83. The van der Waals surface area contributed by atoms with Crippen molar-refractivity contribution in [1.82, 2.24) is 9.55 Å². The molecule has 0 saturated heterocycles. The molecule has 0 aliphatic heterocycles. The molecule has 0 fully saturated rings. The molecule has 1 aromatic heterocycles. The summed E-state index contributed by atoms with van der Waals surface area (Å²) in [5.74, 6) is -1.18. The van der Waals surface area contributed by atoms with Gasteiger partial charge in [-0.15, -0.1) is 0 Å². The molecule has 1 amide bonds. The lowest BCUT2D eigenvalue weighted by atomic mass is 10.3. The lowest BCUT2D eigenvalue weighted by Gasteiger charge is -2.07. The minimum Gasteiger partial charge on any atom is -0.322 e. The van der Waals surface area contributed by atoms with E-state index in [9.17, 15) is 18.8 Å². The monoisotopic (exact) mass is 341 g/mol. The number of amides is 1. The van der Waals surface area contributed by atoms with Crippen LogP contribution in [0.1, 0.15) is 0 Å². The Kier molecular flexibility index (Phi) is 4.14. The van der Waals surface area contributed by atoms with E-state index in [1.807, 2.05) is 4.98 Å². The van der Waals surface area contributed by atoms with Gasteiger partial charge in [-0.2, -0.15) is 0 Å². The molecular formula is C12H9BrFN3O3. The van der Waals surface area contributed by atoms with Crippen LogP contribution in [0.2, 0.25) is 0 Å². The summed E-state index contributed by atoms with van der Waals surface area (Å²) in [4.78, 5) is 36.0. The second kappa shape index (κ2) is 5.83. The van der Waals surface area contributed by atoms with Gasteiger partial charge in [-0.05, 0) is 18.2 Å². The van der Waals surface area contributed by atoms with Gasteiger partial charge in [0.2, 0.25) is 5.91 Å². The number of nitrogens with zero attached hydrogens (tertiary/aromatic N) is 1. The maximum atomic E-state index is 13.5. The van der Waals surface area contributed by atoms with E-state index in [0.29, 0.717) is 4.47 Å². The van der Waals surface area contributed by atoms with Gasteiger partial charge in [-0.3, -0.25) is 19.1 Å². The zero-order valence-corrected chi connectivity index (χ0v) is 11.6. The first-order chi connectivity index (χ1) is 9.45. The van der Waals surface area contributed by atoms with Crippen molar-refractivity contribution in [2.24, 2.45) is 0 Å². The number of benzene rings is 1. The Labute approximate surface area is 120 Å². The molecule has 0 bridgehead atoms. The van der Waals surface area contributed by atoms with E-state index in [1.54, 1.807) is 6.07 Å². The van der Waals surface area contributed by atoms with Crippen molar-refractivity contribution in [3.05, 3.63) is 61.6 Å². The van der Waals surface area contributed by atoms with Gasteiger partial charge in [0, 0.05) is 16.7 Å². The van der Waals surface area contributed by atoms with Crippen LogP contribution in [0, 0.1) is 5.82 Å². The van der Waals surface area contributed by atoms with Crippen molar-refractivity contribution in [1.29, 1.82) is 0 Å². The molecule has 0 aliphatic carbocycles. The Hall–Kier alpha value is -2.22. The summed E-state index contributed by atoms with van der Waals surface area (Å²) < 4.78 is 15.1. The van der Waals surface area contributed by atoms with Crippen LogP contribution in [0.25, 0.3) is 0 Å². The third kappa shape index (κ3) is 3.41. The maximum absolute atomic E-state index is 13.5. The Morgan fingerprint density at radius 1 is 1.35 bits per heavy atom. The van der Waals surface area contributed by atoms with Gasteiger partial charge in [0.25, 0.3) is 5.56 Å². The highest BCUT2D eigenvalue weighted by atomic mass is 79.9. The molecule has 0 aliphatic rings. The largest absolute Gasteiger partial charge is 0.328 e. The van der Waals surface area contributed by atoms with Crippen LogP contribution in [0.15, 0.2) is 44.5 Å². The summed E-state index contributed by atoms with van der Waals surface area (Å²) in [6.45, 7) is -0.328. The number of aromatic amines is 1. The predicted molar refractivity (Wildman–Crippen MR) is 74.1 cm³/mol. The quantitative estimate of drug-likeness (QED) is 0.875. The third-order valence-electron chi connectivity index (χ3n) is 2.42. The van der Waals surface area contributed by atoms with Gasteiger partial charge >= 0.3 is 5.69 Å². The highest BCUT2D eigenvalue weighted by Crippen LogP contribution is 2.19. The molecule has 1 aromatic carbocycles. The van der Waals surface area contributed by atoms with Crippen LogP contribution >= 0.6 is 15.9 Å². The molecular weight excluding hydrogens is 333 g/mol. The van der Waals surface area contributed by atoms with E-state index in [2.05, 4.69) is 21.2 Å². The van der Waals surface area contributed by atoms with Crippen LogP contribution in [0.5, 0.6) is 0 Å².